The smallest absolute Gasteiger partial charge is 0.254 e. The number of rotatable bonds is 3. The summed E-state index contributed by atoms with van der Waals surface area (Å²) in [6, 6.07) is 5.44. The molecular weight excluding hydrogens is 270 g/mol. The van der Waals surface area contributed by atoms with Crippen LogP contribution in [0.25, 0.3) is 0 Å². The third kappa shape index (κ3) is 3.33. The van der Waals surface area contributed by atoms with Crippen LogP contribution in [0.15, 0.2) is 18.2 Å². The number of hydrogen-bond donors (Lipinski definition) is 1. The minimum absolute atomic E-state index is 0.0170. The third-order valence-corrected chi connectivity index (χ3v) is 3.75. The Balaban J connectivity index is 2.03. The molecule has 0 aliphatic carbocycles. The number of piperazine rings is 1. The summed E-state index contributed by atoms with van der Waals surface area (Å²) < 4.78 is 5.25. The highest BCUT2D eigenvalue weighted by Gasteiger charge is 2.24. The number of carbonyl (C=O) groups excluding carboxylic acids is 2. The largest absolute Gasteiger partial charge is 0.496 e. The number of carbonyl (C=O) groups is 2. The molecule has 1 aliphatic heterocycles. The fraction of sp³-hybridized carbons (Fsp3) is 0.467. The van der Waals surface area contributed by atoms with E-state index in [0.717, 1.165) is 5.56 Å². The van der Waals surface area contributed by atoms with Crippen LogP contribution in [0.5, 0.6) is 5.75 Å². The Labute approximate surface area is 124 Å². The van der Waals surface area contributed by atoms with E-state index in [1.807, 2.05) is 13.0 Å². The van der Waals surface area contributed by atoms with Gasteiger partial charge in [-0.3, -0.25) is 9.59 Å². The first-order valence-corrected chi connectivity index (χ1v) is 6.98. The van der Waals surface area contributed by atoms with Crippen LogP contribution in [-0.4, -0.2) is 61.4 Å². The van der Waals surface area contributed by atoms with Gasteiger partial charge in [0.15, 0.2) is 0 Å². The molecule has 0 atom stereocenters. The summed E-state index contributed by atoms with van der Waals surface area (Å²) in [6.07, 6.45) is 0. The molecule has 0 bridgehead atoms. The maximum Gasteiger partial charge on any atom is 0.254 e. The zero-order valence-corrected chi connectivity index (χ0v) is 12.5. The number of ether oxygens (including phenoxy) is 1. The van der Waals surface area contributed by atoms with E-state index in [-0.39, 0.29) is 18.4 Å². The standard InChI is InChI=1S/C15H21N3O3/c1-11-3-4-12(9-13(11)21-2)15(20)18-7-5-17(6-8-18)14(19)10-16/h3-4,9H,5-8,10,16H2,1-2H3. The van der Waals surface area contributed by atoms with Crippen molar-refractivity contribution in [1.29, 1.82) is 0 Å². The van der Waals surface area contributed by atoms with E-state index in [4.69, 9.17) is 10.5 Å². The summed E-state index contributed by atoms with van der Waals surface area (Å²) in [6.45, 7) is 4.07. The van der Waals surface area contributed by atoms with E-state index < -0.39 is 0 Å². The summed E-state index contributed by atoms with van der Waals surface area (Å²) in [5.74, 6) is 0.602. The molecule has 0 radical (unpaired) electrons. The van der Waals surface area contributed by atoms with Gasteiger partial charge in [0.05, 0.1) is 13.7 Å². The van der Waals surface area contributed by atoms with Crippen molar-refractivity contribution < 1.29 is 14.3 Å². The van der Waals surface area contributed by atoms with Crippen LogP contribution >= 0.6 is 0 Å². The third-order valence-electron chi connectivity index (χ3n) is 3.75. The lowest BCUT2D eigenvalue weighted by Crippen LogP contribution is -2.51. The minimum Gasteiger partial charge on any atom is -0.496 e. The SMILES string of the molecule is COc1cc(C(=O)N2CCN(C(=O)CN)CC2)ccc1C. The van der Waals surface area contributed by atoms with Gasteiger partial charge >= 0.3 is 0 Å². The Morgan fingerprint density at radius 3 is 2.38 bits per heavy atom. The molecule has 1 heterocycles. The van der Waals surface area contributed by atoms with Gasteiger partial charge in [0.2, 0.25) is 5.91 Å². The average Bonchev–Trinajstić information content (AvgIpc) is 2.54. The normalized spacial score (nSPS) is 15.0. The van der Waals surface area contributed by atoms with Gasteiger partial charge in [-0.15, -0.1) is 0 Å². The van der Waals surface area contributed by atoms with Crippen molar-refractivity contribution in [1.82, 2.24) is 9.80 Å². The van der Waals surface area contributed by atoms with Crippen LogP contribution in [0.1, 0.15) is 15.9 Å². The Bertz CT molecular complexity index is 537. The second kappa shape index (κ2) is 6.58. The van der Waals surface area contributed by atoms with Crippen LogP contribution < -0.4 is 10.5 Å². The van der Waals surface area contributed by atoms with E-state index in [2.05, 4.69) is 0 Å². The van der Waals surface area contributed by atoms with Gasteiger partial charge in [-0.05, 0) is 24.6 Å². The molecule has 2 amide bonds. The minimum atomic E-state index is -0.0703. The molecule has 0 saturated carbocycles. The van der Waals surface area contributed by atoms with E-state index in [1.54, 1.807) is 29.0 Å². The molecule has 0 unspecified atom stereocenters. The number of hydrogen-bond acceptors (Lipinski definition) is 4. The van der Waals surface area contributed by atoms with Crippen LogP contribution in [0, 0.1) is 6.92 Å². The van der Waals surface area contributed by atoms with Crippen LogP contribution in [0.2, 0.25) is 0 Å². The number of benzene rings is 1. The van der Waals surface area contributed by atoms with Gasteiger partial charge in [0, 0.05) is 31.7 Å². The lowest BCUT2D eigenvalue weighted by Gasteiger charge is -2.34. The Hall–Kier alpha value is -2.08. The van der Waals surface area contributed by atoms with E-state index in [9.17, 15) is 9.59 Å². The molecule has 2 N–H and O–H groups in total. The predicted molar refractivity (Wildman–Crippen MR) is 79.3 cm³/mol. The van der Waals surface area contributed by atoms with Gasteiger partial charge in [0.25, 0.3) is 5.91 Å². The first-order valence-electron chi connectivity index (χ1n) is 6.98. The van der Waals surface area contributed by atoms with E-state index >= 15 is 0 Å². The molecule has 1 aliphatic rings. The van der Waals surface area contributed by atoms with Crippen LogP contribution in [0.4, 0.5) is 0 Å². The van der Waals surface area contributed by atoms with Crippen molar-refractivity contribution in [2.45, 2.75) is 6.92 Å². The maximum atomic E-state index is 12.5. The van der Waals surface area contributed by atoms with Gasteiger partial charge in [-0.25, -0.2) is 0 Å². The maximum absolute atomic E-state index is 12.5. The molecule has 1 saturated heterocycles. The highest BCUT2D eigenvalue weighted by Crippen LogP contribution is 2.20. The summed E-state index contributed by atoms with van der Waals surface area (Å²) in [5, 5.41) is 0. The molecule has 0 spiro atoms. The Morgan fingerprint density at radius 2 is 1.81 bits per heavy atom. The summed E-state index contributed by atoms with van der Waals surface area (Å²) in [7, 11) is 1.59. The summed E-state index contributed by atoms with van der Waals surface area (Å²) in [5.41, 5.74) is 6.95. The summed E-state index contributed by atoms with van der Waals surface area (Å²) >= 11 is 0. The molecule has 0 aromatic heterocycles. The number of nitrogens with zero attached hydrogens (tertiary/aromatic N) is 2. The van der Waals surface area contributed by atoms with Gasteiger partial charge in [0.1, 0.15) is 5.75 Å². The molecule has 21 heavy (non-hydrogen) atoms. The molecule has 6 heteroatoms. The Kier molecular flexibility index (Phi) is 4.80. The highest BCUT2D eigenvalue weighted by atomic mass is 16.5. The molecular formula is C15H21N3O3. The zero-order valence-electron chi connectivity index (χ0n) is 12.5. The molecule has 114 valence electrons. The second-order valence-corrected chi connectivity index (χ2v) is 5.06. The van der Waals surface area contributed by atoms with Gasteiger partial charge in [-0.2, -0.15) is 0 Å². The van der Waals surface area contributed by atoms with Crippen LogP contribution in [0.3, 0.4) is 0 Å². The molecule has 1 aromatic carbocycles. The molecule has 1 fully saturated rings. The van der Waals surface area contributed by atoms with E-state index in [1.165, 1.54) is 0 Å². The quantitative estimate of drug-likeness (QED) is 0.866. The first-order chi connectivity index (χ1) is 10.1. The monoisotopic (exact) mass is 291 g/mol. The predicted octanol–water partition coefficient (Wildman–Crippen LogP) is 0.247. The topological polar surface area (TPSA) is 75.9 Å². The molecule has 1 aromatic rings. The zero-order chi connectivity index (χ0) is 15.4. The van der Waals surface area contributed by atoms with Crippen molar-refractivity contribution in [3.8, 4) is 5.75 Å². The van der Waals surface area contributed by atoms with Crippen molar-refractivity contribution in [2.75, 3.05) is 39.8 Å². The lowest BCUT2D eigenvalue weighted by atomic mass is 10.1. The number of amides is 2. The van der Waals surface area contributed by atoms with Crippen molar-refractivity contribution in [2.24, 2.45) is 5.73 Å². The molecule has 6 nitrogen and oxygen atoms in total. The van der Waals surface area contributed by atoms with Crippen molar-refractivity contribution in [3.63, 3.8) is 0 Å². The number of aryl methyl sites for hydroxylation is 1. The average molecular weight is 291 g/mol. The van der Waals surface area contributed by atoms with Crippen molar-refractivity contribution >= 4 is 11.8 Å². The van der Waals surface area contributed by atoms with Crippen molar-refractivity contribution in [3.05, 3.63) is 29.3 Å². The second-order valence-electron chi connectivity index (χ2n) is 5.06. The van der Waals surface area contributed by atoms with Gasteiger partial charge in [-0.1, -0.05) is 6.07 Å². The number of methoxy groups -OCH3 is 1. The number of nitrogens with two attached hydrogens (primary N) is 1. The van der Waals surface area contributed by atoms with Crippen LogP contribution in [-0.2, 0) is 4.79 Å². The fourth-order valence-corrected chi connectivity index (χ4v) is 2.42. The van der Waals surface area contributed by atoms with E-state index in [0.29, 0.717) is 37.5 Å². The molecule has 2 rings (SSSR count). The Morgan fingerprint density at radius 1 is 1.19 bits per heavy atom. The van der Waals surface area contributed by atoms with Gasteiger partial charge < -0.3 is 20.3 Å². The lowest BCUT2D eigenvalue weighted by molar-refractivity contribution is -0.131. The highest BCUT2D eigenvalue weighted by molar-refractivity contribution is 5.95. The fourth-order valence-electron chi connectivity index (χ4n) is 2.42. The first kappa shape index (κ1) is 15.3. The summed E-state index contributed by atoms with van der Waals surface area (Å²) in [4.78, 5) is 27.4.